The number of amides is 1. The van der Waals surface area contributed by atoms with Gasteiger partial charge in [0.05, 0.1) is 11.8 Å². The number of nitrogens with zero attached hydrogens (tertiary/aromatic N) is 2. The van der Waals surface area contributed by atoms with Gasteiger partial charge in [-0.05, 0) is 37.6 Å². The van der Waals surface area contributed by atoms with Gasteiger partial charge < -0.3 is 15.1 Å². The molecule has 0 radical (unpaired) electrons. The number of aryl methyl sites for hydroxylation is 1. The zero-order valence-electron chi connectivity index (χ0n) is 12.7. The Hall–Kier alpha value is -2.41. The molecule has 0 bridgehead atoms. The summed E-state index contributed by atoms with van der Waals surface area (Å²) in [6.45, 7) is 2.51. The molecule has 3 rings (SSSR count). The summed E-state index contributed by atoms with van der Waals surface area (Å²) in [4.78, 5) is 13.9. The molecule has 6 nitrogen and oxygen atoms in total. The van der Waals surface area contributed by atoms with Crippen molar-refractivity contribution in [3.05, 3.63) is 47.0 Å². The lowest BCUT2D eigenvalue weighted by molar-refractivity contribution is 0.0764. The molecule has 1 aliphatic heterocycles. The van der Waals surface area contributed by atoms with Crippen LogP contribution in [0.5, 0.6) is 5.75 Å². The lowest BCUT2D eigenvalue weighted by Gasteiger charge is -2.16. The third kappa shape index (κ3) is 3.19. The molecule has 1 aromatic heterocycles. The third-order valence-electron chi connectivity index (χ3n) is 4.12. The summed E-state index contributed by atoms with van der Waals surface area (Å²) in [5, 5.41) is 26.6. The molecular formula is C16H18FN3O3. The van der Waals surface area contributed by atoms with Gasteiger partial charge in [-0.15, -0.1) is 0 Å². The summed E-state index contributed by atoms with van der Waals surface area (Å²) in [6, 6.07) is 5.40. The van der Waals surface area contributed by atoms with E-state index in [2.05, 4.69) is 10.2 Å². The van der Waals surface area contributed by atoms with Crippen molar-refractivity contribution in [2.75, 3.05) is 13.1 Å². The van der Waals surface area contributed by atoms with Gasteiger partial charge in [-0.1, -0.05) is 0 Å². The normalized spacial score (nSPS) is 20.9. The molecule has 7 heteroatoms. The van der Waals surface area contributed by atoms with Crippen LogP contribution in [0.1, 0.15) is 21.7 Å². The fourth-order valence-electron chi connectivity index (χ4n) is 2.90. The number of carbonyl (C=O) groups excluding carboxylic acids is 1. The number of aromatic amines is 1. The Bertz CT molecular complexity index is 731. The number of β-amino-alcohol motifs (C(OH)–C–C–N with tert-alkyl or cyclic N) is 1. The fourth-order valence-corrected chi connectivity index (χ4v) is 2.90. The minimum atomic E-state index is -0.769. The van der Waals surface area contributed by atoms with Crippen molar-refractivity contribution >= 4 is 5.91 Å². The molecule has 2 atom stereocenters. The maximum absolute atomic E-state index is 13.1. The molecule has 122 valence electrons. The maximum Gasteiger partial charge on any atom is 0.254 e. The minimum Gasteiger partial charge on any atom is -0.505 e. The Morgan fingerprint density at radius 2 is 2.22 bits per heavy atom. The highest BCUT2D eigenvalue weighted by atomic mass is 19.1. The Morgan fingerprint density at radius 3 is 2.87 bits per heavy atom. The molecule has 2 heterocycles. The number of aromatic nitrogens is 2. The number of carbonyl (C=O) groups is 1. The van der Waals surface area contributed by atoms with Gasteiger partial charge >= 0.3 is 0 Å². The molecule has 1 aromatic carbocycles. The van der Waals surface area contributed by atoms with E-state index in [0.29, 0.717) is 13.0 Å². The first-order chi connectivity index (χ1) is 10.9. The lowest BCUT2D eigenvalue weighted by Crippen LogP contribution is -2.29. The van der Waals surface area contributed by atoms with Crippen LogP contribution in [0.15, 0.2) is 24.3 Å². The van der Waals surface area contributed by atoms with Gasteiger partial charge in [0.2, 0.25) is 0 Å². The number of benzene rings is 1. The van der Waals surface area contributed by atoms with Crippen molar-refractivity contribution in [1.29, 1.82) is 0 Å². The average molecular weight is 319 g/mol. The molecule has 1 fully saturated rings. The smallest absolute Gasteiger partial charge is 0.254 e. The van der Waals surface area contributed by atoms with E-state index in [-0.39, 0.29) is 23.9 Å². The third-order valence-corrected chi connectivity index (χ3v) is 4.12. The van der Waals surface area contributed by atoms with E-state index in [1.54, 1.807) is 0 Å². The molecule has 23 heavy (non-hydrogen) atoms. The monoisotopic (exact) mass is 319 g/mol. The number of likely N-dealkylation sites (tertiary alicyclic amines) is 1. The van der Waals surface area contributed by atoms with Gasteiger partial charge in [-0.2, -0.15) is 5.10 Å². The van der Waals surface area contributed by atoms with Crippen LogP contribution in [0.25, 0.3) is 0 Å². The van der Waals surface area contributed by atoms with E-state index in [9.17, 15) is 19.4 Å². The topological polar surface area (TPSA) is 89.5 Å². The van der Waals surface area contributed by atoms with Crippen molar-refractivity contribution in [1.82, 2.24) is 15.1 Å². The van der Waals surface area contributed by atoms with Crippen molar-refractivity contribution in [3.63, 3.8) is 0 Å². The van der Waals surface area contributed by atoms with Crippen LogP contribution in [0.4, 0.5) is 4.39 Å². The molecule has 1 amide bonds. The Morgan fingerprint density at radius 1 is 1.43 bits per heavy atom. The first-order valence-electron chi connectivity index (χ1n) is 7.41. The first-order valence-corrected chi connectivity index (χ1v) is 7.41. The zero-order chi connectivity index (χ0) is 16.6. The van der Waals surface area contributed by atoms with Crippen LogP contribution in [-0.2, 0) is 6.42 Å². The summed E-state index contributed by atoms with van der Waals surface area (Å²) >= 11 is 0. The largest absolute Gasteiger partial charge is 0.505 e. The van der Waals surface area contributed by atoms with Crippen molar-refractivity contribution in [3.8, 4) is 5.75 Å². The molecule has 1 aliphatic rings. The molecular weight excluding hydrogens is 301 g/mol. The first kappa shape index (κ1) is 15.5. The fraction of sp³-hybridized carbons (Fsp3) is 0.375. The average Bonchev–Trinajstić information content (AvgIpc) is 3.08. The van der Waals surface area contributed by atoms with Gasteiger partial charge in [-0.3, -0.25) is 9.89 Å². The Labute approximate surface area is 132 Å². The van der Waals surface area contributed by atoms with E-state index in [0.717, 1.165) is 23.5 Å². The number of hydrogen-bond donors (Lipinski definition) is 3. The number of hydrogen-bond acceptors (Lipinski definition) is 4. The second-order valence-electron chi connectivity index (χ2n) is 5.95. The van der Waals surface area contributed by atoms with E-state index < -0.39 is 17.7 Å². The maximum atomic E-state index is 13.1. The summed E-state index contributed by atoms with van der Waals surface area (Å²) < 4.78 is 13.1. The molecule has 1 saturated heterocycles. The number of rotatable bonds is 3. The van der Waals surface area contributed by atoms with Crippen LogP contribution in [0.2, 0.25) is 0 Å². The van der Waals surface area contributed by atoms with Crippen molar-refractivity contribution in [2.24, 2.45) is 5.92 Å². The van der Waals surface area contributed by atoms with Gasteiger partial charge in [-0.25, -0.2) is 4.39 Å². The number of halogens is 1. The van der Waals surface area contributed by atoms with Gasteiger partial charge in [0.1, 0.15) is 0 Å². The minimum absolute atomic E-state index is 0.101. The molecule has 2 unspecified atom stereocenters. The predicted molar refractivity (Wildman–Crippen MR) is 80.5 cm³/mol. The van der Waals surface area contributed by atoms with E-state index in [1.165, 1.54) is 11.0 Å². The molecule has 3 N–H and O–H groups in total. The SMILES string of the molecule is Cc1cc(CC2CN(C(=O)c3ccc(F)c(O)c3)CC2O)n[nH]1. The Balaban J connectivity index is 1.69. The van der Waals surface area contributed by atoms with Gasteiger partial charge in [0.15, 0.2) is 11.6 Å². The van der Waals surface area contributed by atoms with Crippen LogP contribution in [0, 0.1) is 18.7 Å². The zero-order valence-corrected chi connectivity index (χ0v) is 12.7. The number of phenolic OH excluding ortho intramolecular Hbond substituents is 1. The number of aromatic hydroxyl groups is 1. The molecule has 0 spiro atoms. The number of aliphatic hydroxyl groups excluding tert-OH is 1. The van der Waals surface area contributed by atoms with Crippen LogP contribution in [0.3, 0.4) is 0 Å². The molecule has 2 aromatic rings. The summed E-state index contributed by atoms with van der Waals surface area (Å²) in [6.07, 6.45) is -0.0609. The van der Waals surface area contributed by atoms with Crippen molar-refractivity contribution < 1.29 is 19.4 Å². The number of nitrogens with one attached hydrogen (secondary N) is 1. The highest BCUT2D eigenvalue weighted by molar-refractivity contribution is 5.94. The quantitative estimate of drug-likeness (QED) is 0.794. The standard InChI is InChI=1S/C16H18FN3O3/c1-9-4-12(19-18-9)5-11-7-20(8-15(11)22)16(23)10-2-3-13(17)14(21)6-10/h2-4,6,11,15,21-22H,5,7-8H2,1H3,(H,18,19). The van der Waals surface area contributed by atoms with Crippen LogP contribution in [-0.4, -0.2) is 50.4 Å². The molecule has 0 aliphatic carbocycles. The van der Waals surface area contributed by atoms with Crippen LogP contribution < -0.4 is 0 Å². The van der Waals surface area contributed by atoms with E-state index in [1.807, 2.05) is 13.0 Å². The van der Waals surface area contributed by atoms with Crippen molar-refractivity contribution in [2.45, 2.75) is 19.4 Å². The Kier molecular flexibility index (Phi) is 4.04. The van der Waals surface area contributed by atoms with Gasteiger partial charge in [0.25, 0.3) is 5.91 Å². The van der Waals surface area contributed by atoms with E-state index in [4.69, 9.17) is 0 Å². The highest BCUT2D eigenvalue weighted by Gasteiger charge is 2.34. The lowest BCUT2D eigenvalue weighted by atomic mass is 10.0. The second kappa shape index (κ2) is 6.00. The summed E-state index contributed by atoms with van der Waals surface area (Å²) in [7, 11) is 0. The number of aliphatic hydroxyl groups is 1. The number of H-pyrrole nitrogens is 1. The van der Waals surface area contributed by atoms with Gasteiger partial charge in [0, 0.05) is 30.3 Å². The summed E-state index contributed by atoms with van der Waals surface area (Å²) in [5.41, 5.74) is 2.00. The second-order valence-corrected chi connectivity index (χ2v) is 5.95. The van der Waals surface area contributed by atoms with Crippen LogP contribution >= 0.6 is 0 Å². The predicted octanol–water partition coefficient (Wildman–Crippen LogP) is 1.24. The summed E-state index contributed by atoms with van der Waals surface area (Å²) in [5.74, 6) is -1.76. The molecule has 0 saturated carbocycles. The highest BCUT2D eigenvalue weighted by Crippen LogP contribution is 2.24. The van der Waals surface area contributed by atoms with E-state index >= 15 is 0 Å². The number of phenols is 1.